The summed E-state index contributed by atoms with van der Waals surface area (Å²) in [5.41, 5.74) is -1.66. The topological polar surface area (TPSA) is 123 Å². The van der Waals surface area contributed by atoms with Crippen molar-refractivity contribution < 1.29 is 52.3 Å². The molecule has 68 heavy (non-hydrogen) atoms. The zero-order chi connectivity index (χ0) is 50.1. The standard InChI is InChI=1S/C30H50F2O4.C27H45FO4/c1-8-20-24-15-18(2)11-13-29(24,5)23-12-14-28(4)21(19(3)16-30(31,32)27(33)35-7)9-10-22(28)25(23)26(20)36-17-34-6;1-6-17-21-13-16(29)9-11-26(21,4)20-10-12-25(3)18(7-8-19(25)22(20)23(17)30)15(2)14-27(5,28)24(31)32/h18-26H,8-17H2,1-7H3;15-23,29-30H,6-14H2,1-5H3,(H,31,32)/t18-,19-,20-,21-,22?,23?,24+,25?,26-,28-,29-;15-,16-,17-,18-,19?,20?,21+,22?,23-,25-,26-,27?/m11/s1. The lowest BCUT2D eigenvalue weighted by molar-refractivity contribution is -0.232. The molecule has 23 atom stereocenters. The van der Waals surface area contributed by atoms with Crippen LogP contribution in [0.3, 0.4) is 0 Å². The summed E-state index contributed by atoms with van der Waals surface area (Å²) in [6.45, 7) is 22.1. The van der Waals surface area contributed by atoms with Crippen LogP contribution >= 0.6 is 0 Å². The monoisotopic (exact) mass is 965 g/mol. The number of carboxylic acids is 1. The molecule has 8 fully saturated rings. The van der Waals surface area contributed by atoms with E-state index < -0.39 is 30.0 Å². The molecule has 0 heterocycles. The van der Waals surface area contributed by atoms with E-state index in [1.807, 2.05) is 13.8 Å². The van der Waals surface area contributed by atoms with E-state index in [0.29, 0.717) is 65.5 Å². The van der Waals surface area contributed by atoms with E-state index in [1.54, 1.807) is 7.11 Å². The van der Waals surface area contributed by atoms with Gasteiger partial charge in [-0.15, -0.1) is 0 Å². The summed E-state index contributed by atoms with van der Waals surface area (Å²) in [6, 6.07) is 0. The van der Waals surface area contributed by atoms with Crippen molar-refractivity contribution >= 4 is 11.9 Å². The number of rotatable bonds is 13. The van der Waals surface area contributed by atoms with Gasteiger partial charge in [0.25, 0.3) is 0 Å². The minimum Gasteiger partial charge on any atom is -0.479 e. The number of ether oxygens (including phenoxy) is 3. The van der Waals surface area contributed by atoms with Gasteiger partial charge >= 0.3 is 17.9 Å². The molecule has 0 aromatic rings. The third-order valence-corrected chi connectivity index (χ3v) is 23.2. The molecule has 11 heteroatoms. The van der Waals surface area contributed by atoms with Gasteiger partial charge in [0, 0.05) is 13.5 Å². The third-order valence-electron chi connectivity index (χ3n) is 23.2. The molecule has 8 aliphatic rings. The Morgan fingerprint density at radius 3 is 1.68 bits per heavy atom. The highest BCUT2D eigenvalue weighted by Gasteiger charge is 2.67. The number of carbonyl (C=O) groups excluding carboxylic acids is 1. The molecule has 8 saturated carbocycles. The average Bonchev–Trinajstić information content (AvgIpc) is 3.83. The van der Waals surface area contributed by atoms with Crippen molar-refractivity contribution in [3.8, 4) is 0 Å². The minimum absolute atomic E-state index is 0.00326. The van der Waals surface area contributed by atoms with Gasteiger partial charge in [0.15, 0.2) is 0 Å². The van der Waals surface area contributed by atoms with Crippen molar-refractivity contribution in [2.75, 3.05) is 21.0 Å². The first-order valence-electron chi connectivity index (χ1n) is 27.7. The zero-order valence-electron chi connectivity index (χ0n) is 44.3. The Balaban J connectivity index is 0.000000203. The molecule has 8 rings (SSSR count). The van der Waals surface area contributed by atoms with Crippen LogP contribution in [0.1, 0.15) is 185 Å². The van der Waals surface area contributed by atoms with Crippen molar-refractivity contribution in [1.82, 2.24) is 0 Å². The first-order valence-corrected chi connectivity index (χ1v) is 27.7. The largest absolute Gasteiger partial charge is 0.479 e. The molecule has 0 saturated heterocycles. The highest BCUT2D eigenvalue weighted by molar-refractivity contribution is 5.77. The first-order chi connectivity index (χ1) is 31.8. The Morgan fingerprint density at radius 2 is 1.15 bits per heavy atom. The van der Waals surface area contributed by atoms with E-state index in [2.05, 4.69) is 53.2 Å². The second-order valence-corrected chi connectivity index (χ2v) is 26.3. The molecule has 0 aliphatic heterocycles. The molecule has 7 unspecified atom stereocenters. The smallest absolute Gasteiger partial charge is 0.376 e. The van der Waals surface area contributed by atoms with E-state index >= 15 is 0 Å². The Hall–Kier alpha value is -1.43. The second-order valence-electron chi connectivity index (χ2n) is 26.3. The molecule has 0 amide bonds. The highest BCUT2D eigenvalue weighted by atomic mass is 19.3. The van der Waals surface area contributed by atoms with Gasteiger partial charge in [0.05, 0.1) is 25.4 Å². The van der Waals surface area contributed by atoms with Crippen molar-refractivity contribution in [2.24, 2.45) is 110 Å². The molecular formula is C57H95F3O8. The molecule has 0 aromatic carbocycles. The average molecular weight is 965 g/mol. The molecule has 0 spiro atoms. The quantitative estimate of drug-likeness (QED) is 0.123. The molecule has 392 valence electrons. The lowest BCUT2D eigenvalue weighted by Gasteiger charge is -2.65. The summed E-state index contributed by atoms with van der Waals surface area (Å²) < 4.78 is 60.3. The van der Waals surface area contributed by atoms with Crippen LogP contribution < -0.4 is 0 Å². The third kappa shape index (κ3) is 9.18. The van der Waals surface area contributed by atoms with Crippen LogP contribution in [0.25, 0.3) is 0 Å². The predicted octanol–water partition coefficient (Wildman–Crippen LogP) is 12.8. The summed E-state index contributed by atoms with van der Waals surface area (Å²) in [7, 11) is 2.75. The molecule has 0 bridgehead atoms. The number of hydrogen-bond acceptors (Lipinski definition) is 7. The van der Waals surface area contributed by atoms with Gasteiger partial charge in [0.1, 0.15) is 6.79 Å². The van der Waals surface area contributed by atoms with Crippen LogP contribution in [0.2, 0.25) is 0 Å². The van der Waals surface area contributed by atoms with Gasteiger partial charge in [0.2, 0.25) is 5.67 Å². The fraction of sp³-hybridized carbons (Fsp3) is 0.965. The Morgan fingerprint density at radius 1 is 0.662 bits per heavy atom. The van der Waals surface area contributed by atoms with E-state index in [9.17, 15) is 38.1 Å². The fourth-order valence-corrected chi connectivity index (χ4v) is 20.0. The van der Waals surface area contributed by atoms with Crippen LogP contribution in [0, 0.1) is 110 Å². The van der Waals surface area contributed by atoms with Crippen LogP contribution in [-0.4, -0.2) is 78.2 Å². The lowest BCUT2D eigenvalue weighted by atomic mass is 9.41. The SMILES string of the molecule is CC[C@H]1[C@@H](O)C2C3CC[C@H]([C@H](C)CC(C)(F)C(=O)O)[C@@]3(C)CCC2[C@@]2(C)CC[C@@H](O)C[C@@H]12.CC[C@H]1[C@@H](OCOC)C2C3CC[C@H]([C@H](C)CC(F)(F)C(=O)OC)[C@@]3(C)CCC2[C@@]2(C)CC[C@@H](C)C[C@@H]12. The summed E-state index contributed by atoms with van der Waals surface area (Å²) in [4.78, 5) is 23.1. The van der Waals surface area contributed by atoms with Crippen LogP contribution in [0.4, 0.5) is 13.2 Å². The maximum Gasteiger partial charge on any atom is 0.376 e. The maximum absolute atomic E-state index is 14.7. The number of aliphatic carboxylic acids is 1. The van der Waals surface area contributed by atoms with E-state index in [0.717, 1.165) is 96.5 Å². The molecular weight excluding hydrogens is 870 g/mol. The zero-order valence-corrected chi connectivity index (χ0v) is 44.3. The summed E-state index contributed by atoms with van der Waals surface area (Å²) >= 11 is 0. The lowest BCUT2D eigenvalue weighted by Crippen LogP contribution is -2.62. The van der Waals surface area contributed by atoms with Gasteiger partial charge < -0.3 is 29.5 Å². The van der Waals surface area contributed by atoms with Crippen molar-refractivity contribution in [3.05, 3.63) is 0 Å². The van der Waals surface area contributed by atoms with Gasteiger partial charge in [-0.2, -0.15) is 8.78 Å². The summed E-state index contributed by atoms with van der Waals surface area (Å²) in [5.74, 6) is -0.711. The molecule has 3 N–H and O–H groups in total. The van der Waals surface area contributed by atoms with E-state index in [1.165, 1.54) is 26.2 Å². The van der Waals surface area contributed by atoms with Crippen molar-refractivity contribution in [1.29, 1.82) is 0 Å². The minimum atomic E-state index is -3.43. The Kier molecular flexibility index (Phi) is 16.1. The fourth-order valence-electron chi connectivity index (χ4n) is 20.0. The number of carbonyl (C=O) groups is 2. The van der Waals surface area contributed by atoms with Gasteiger partial charge in [-0.25, -0.2) is 14.0 Å². The number of aliphatic hydroxyl groups is 2. The summed E-state index contributed by atoms with van der Waals surface area (Å²) in [5, 5.41) is 31.5. The van der Waals surface area contributed by atoms with Gasteiger partial charge in [-0.1, -0.05) is 81.6 Å². The number of esters is 1. The number of carboxylic acid groups (broad SMARTS) is 1. The normalized spacial score (nSPS) is 48.1. The predicted molar refractivity (Wildman–Crippen MR) is 259 cm³/mol. The number of fused-ring (bicyclic) bond motifs is 10. The molecule has 8 aliphatic carbocycles. The van der Waals surface area contributed by atoms with Crippen LogP contribution in [-0.2, 0) is 23.8 Å². The van der Waals surface area contributed by atoms with E-state index in [-0.39, 0.29) is 70.6 Å². The summed E-state index contributed by atoms with van der Waals surface area (Å²) in [6.07, 6.45) is 16.4. The highest BCUT2D eigenvalue weighted by Crippen LogP contribution is 2.72. The first kappa shape index (κ1) is 54.3. The van der Waals surface area contributed by atoms with Crippen LogP contribution in [0.15, 0.2) is 0 Å². The van der Waals surface area contributed by atoms with Crippen molar-refractivity contribution in [2.45, 2.75) is 215 Å². The molecule has 8 nitrogen and oxygen atoms in total. The van der Waals surface area contributed by atoms with Crippen LogP contribution in [0.5, 0.6) is 0 Å². The van der Waals surface area contributed by atoms with Crippen molar-refractivity contribution in [3.63, 3.8) is 0 Å². The number of methoxy groups -OCH3 is 2. The Labute approximate surface area is 409 Å². The number of halogens is 3. The molecule has 0 aromatic heterocycles. The van der Waals surface area contributed by atoms with Gasteiger partial charge in [-0.05, 0) is 207 Å². The number of aliphatic hydroxyl groups excluding tert-OH is 2. The van der Waals surface area contributed by atoms with E-state index in [4.69, 9.17) is 9.47 Å². The van der Waals surface area contributed by atoms with Gasteiger partial charge in [-0.3, -0.25) is 0 Å². The maximum atomic E-state index is 14.7. The number of alkyl halides is 3. The number of hydrogen-bond donors (Lipinski definition) is 3. The molecule has 0 radical (unpaired) electrons. The Bertz CT molecular complexity index is 1760. The second kappa shape index (κ2) is 20.1.